The lowest BCUT2D eigenvalue weighted by molar-refractivity contribution is -0.147. The number of rotatable bonds is 5. The third-order valence-corrected chi connectivity index (χ3v) is 4.72. The molecule has 1 unspecified atom stereocenters. The number of carbonyl (C=O) groups excluding carboxylic acids is 2. The molecule has 0 spiro atoms. The Labute approximate surface area is 141 Å². The molecule has 6 heteroatoms. The first-order valence-electron chi connectivity index (χ1n) is 8.57. The van der Waals surface area contributed by atoms with Crippen LogP contribution in [0.3, 0.4) is 0 Å². The van der Waals surface area contributed by atoms with Crippen LogP contribution < -0.4 is 4.90 Å². The predicted molar refractivity (Wildman–Crippen MR) is 88.3 cm³/mol. The number of halogens is 1. The summed E-state index contributed by atoms with van der Waals surface area (Å²) in [6.07, 6.45) is 1.97. The molecule has 1 amide bonds. The molecule has 2 aliphatic heterocycles. The van der Waals surface area contributed by atoms with E-state index in [1.54, 1.807) is 13.0 Å². The number of likely N-dealkylation sites (tertiary alicyclic amines) is 1. The van der Waals surface area contributed by atoms with Crippen LogP contribution in [0.1, 0.15) is 25.3 Å². The van der Waals surface area contributed by atoms with Crippen molar-refractivity contribution in [1.29, 1.82) is 0 Å². The van der Waals surface area contributed by atoms with Gasteiger partial charge in [-0.15, -0.1) is 0 Å². The van der Waals surface area contributed by atoms with Crippen molar-refractivity contribution in [3.8, 4) is 0 Å². The zero-order valence-electron chi connectivity index (χ0n) is 14.0. The number of esters is 1. The topological polar surface area (TPSA) is 49.9 Å². The van der Waals surface area contributed by atoms with Crippen molar-refractivity contribution in [2.24, 2.45) is 5.92 Å². The van der Waals surface area contributed by atoms with Gasteiger partial charge in [-0.3, -0.25) is 9.59 Å². The fraction of sp³-hybridized carbons (Fsp3) is 0.556. The maximum Gasteiger partial charge on any atom is 0.311 e. The van der Waals surface area contributed by atoms with Gasteiger partial charge in [-0.2, -0.15) is 0 Å². The summed E-state index contributed by atoms with van der Waals surface area (Å²) in [6.45, 7) is 4.39. The van der Waals surface area contributed by atoms with Crippen LogP contribution in [0.5, 0.6) is 0 Å². The minimum Gasteiger partial charge on any atom is -0.466 e. The molecule has 1 atom stereocenters. The highest BCUT2D eigenvalue weighted by atomic mass is 19.1. The van der Waals surface area contributed by atoms with Crippen molar-refractivity contribution in [2.45, 2.75) is 26.2 Å². The largest absolute Gasteiger partial charge is 0.466 e. The van der Waals surface area contributed by atoms with Crippen LogP contribution in [-0.4, -0.2) is 49.6 Å². The van der Waals surface area contributed by atoms with E-state index < -0.39 is 0 Å². The molecule has 0 aromatic heterocycles. The average Bonchev–Trinajstić information content (AvgIpc) is 2.98. The van der Waals surface area contributed by atoms with Gasteiger partial charge in [-0.25, -0.2) is 4.39 Å². The van der Waals surface area contributed by atoms with Crippen LogP contribution in [0.2, 0.25) is 0 Å². The van der Waals surface area contributed by atoms with Gasteiger partial charge in [-0.05, 0) is 31.4 Å². The van der Waals surface area contributed by atoms with Crippen molar-refractivity contribution in [1.82, 2.24) is 4.90 Å². The maximum atomic E-state index is 14.3. The molecule has 1 saturated heterocycles. The number of carbonyl (C=O) groups is 2. The number of fused-ring (bicyclic) bond motifs is 1. The van der Waals surface area contributed by atoms with Gasteiger partial charge in [0, 0.05) is 32.6 Å². The average molecular weight is 334 g/mol. The lowest BCUT2D eigenvalue weighted by atomic mass is 9.92. The Balaban J connectivity index is 1.77. The fourth-order valence-electron chi connectivity index (χ4n) is 3.57. The van der Waals surface area contributed by atoms with Gasteiger partial charge in [0.15, 0.2) is 0 Å². The van der Waals surface area contributed by atoms with Gasteiger partial charge in [-0.1, -0.05) is 12.1 Å². The smallest absolute Gasteiger partial charge is 0.311 e. The second-order valence-corrected chi connectivity index (χ2v) is 6.33. The molecular formula is C18H23FN2O3. The molecule has 0 aliphatic carbocycles. The van der Waals surface area contributed by atoms with Gasteiger partial charge in [0.25, 0.3) is 0 Å². The summed E-state index contributed by atoms with van der Waals surface area (Å²) in [5.74, 6) is -0.659. The lowest BCUT2D eigenvalue weighted by Gasteiger charge is -2.36. The Morgan fingerprint density at radius 2 is 2.12 bits per heavy atom. The first-order valence-corrected chi connectivity index (χ1v) is 8.57. The zero-order chi connectivity index (χ0) is 17.1. The van der Waals surface area contributed by atoms with E-state index in [1.165, 1.54) is 6.07 Å². The minimum atomic E-state index is -0.298. The van der Waals surface area contributed by atoms with Crippen LogP contribution in [0, 0.1) is 11.7 Å². The first-order chi connectivity index (χ1) is 11.6. The quantitative estimate of drug-likeness (QED) is 0.773. The third-order valence-electron chi connectivity index (χ3n) is 4.72. The van der Waals surface area contributed by atoms with Crippen molar-refractivity contribution < 1.29 is 18.7 Å². The van der Waals surface area contributed by atoms with Crippen LogP contribution in [0.15, 0.2) is 18.2 Å². The minimum absolute atomic E-state index is 0.155. The molecule has 1 fully saturated rings. The molecule has 0 N–H and O–H groups in total. The molecule has 5 nitrogen and oxygen atoms in total. The van der Waals surface area contributed by atoms with E-state index in [1.807, 2.05) is 15.9 Å². The molecule has 2 aliphatic rings. The number of hydrogen-bond acceptors (Lipinski definition) is 4. The molecule has 130 valence electrons. The predicted octanol–water partition coefficient (Wildman–Crippen LogP) is 1.99. The zero-order valence-corrected chi connectivity index (χ0v) is 14.0. The fourth-order valence-corrected chi connectivity index (χ4v) is 3.57. The number of benzene rings is 1. The molecule has 24 heavy (non-hydrogen) atoms. The van der Waals surface area contributed by atoms with Gasteiger partial charge in [0.1, 0.15) is 5.82 Å². The van der Waals surface area contributed by atoms with E-state index in [9.17, 15) is 14.0 Å². The maximum absolute atomic E-state index is 14.3. The normalized spacial score (nSPS) is 20.2. The van der Waals surface area contributed by atoms with Crippen molar-refractivity contribution in [3.63, 3.8) is 0 Å². The van der Waals surface area contributed by atoms with Crippen LogP contribution in [0.25, 0.3) is 0 Å². The molecular weight excluding hydrogens is 311 g/mol. The van der Waals surface area contributed by atoms with Gasteiger partial charge in [0.2, 0.25) is 5.91 Å². The molecule has 0 radical (unpaired) electrons. The highest BCUT2D eigenvalue weighted by Crippen LogP contribution is 2.32. The summed E-state index contributed by atoms with van der Waals surface area (Å²) in [5.41, 5.74) is 1.39. The Hall–Kier alpha value is -2.11. The highest BCUT2D eigenvalue weighted by Gasteiger charge is 2.32. The first kappa shape index (κ1) is 16.7. The third kappa shape index (κ3) is 3.37. The number of ether oxygens (including phenoxy) is 1. The number of para-hydroxylation sites is 1. The number of anilines is 1. The van der Waals surface area contributed by atoms with Crippen molar-refractivity contribution in [2.75, 3.05) is 37.7 Å². The SMILES string of the molecule is CCOC(=O)C1Cc2cccc(F)c2N(CCN2CCCC2=O)C1. The van der Waals surface area contributed by atoms with Crippen molar-refractivity contribution >= 4 is 17.6 Å². The van der Waals surface area contributed by atoms with E-state index in [4.69, 9.17) is 4.74 Å². The highest BCUT2D eigenvalue weighted by molar-refractivity contribution is 5.78. The molecule has 2 heterocycles. The molecule has 1 aromatic carbocycles. The Morgan fingerprint density at radius 1 is 1.33 bits per heavy atom. The molecule has 3 rings (SSSR count). The molecule has 0 bridgehead atoms. The Bertz CT molecular complexity index is 635. The monoisotopic (exact) mass is 334 g/mol. The Morgan fingerprint density at radius 3 is 2.83 bits per heavy atom. The van der Waals surface area contributed by atoms with Crippen LogP contribution in [-0.2, 0) is 20.7 Å². The van der Waals surface area contributed by atoms with Crippen LogP contribution >= 0.6 is 0 Å². The summed E-state index contributed by atoms with van der Waals surface area (Å²) in [4.78, 5) is 27.6. The van der Waals surface area contributed by atoms with Gasteiger partial charge < -0.3 is 14.5 Å². The van der Waals surface area contributed by atoms with E-state index in [-0.39, 0.29) is 23.6 Å². The summed E-state index contributed by atoms with van der Waals surface area (Å²) >= 11 is 0. The summed E-state index contributed by atoms with van der Waals surface area (Å²) in [7, 11) is 0. The van der Waals surface area contributed by atoms with E-state index in [0.717, 1.165) is 18.5 Å². The Kier molecular flexibility index (Phi) is 5.02. The van der Waals surface area contributed by atoms with Gasteiger partial charge >= 0.3 is 5.97 Å². The van der Waals surface area contributed by atoms with E-state index in [2.05, 4.69) is 0 Å². The lowest BCUT2D eigenvalue weighted by Crippen LogP contribution is -2.44. The van der Waals surface area contributed by atoms with Crippen LogP contribution in [0.4, 0.5) is 10.1 Å². The summed E-state index contributed by atoms with van der Waals surface area (Å²) in [6, 6.07) is 4.97. The van der Waals surface area contributed by atoms with Crippen molar-refractivity contribution in [3.05, 3.63) is 29.6 Å². The second kappa shape index (κ2) is 7.20. The standard InChI is InChI=1S/C18H23FN2O3/c1-2-24-18(23)14-11-13-5-3-6-15(19)17(13)21(12-14)10-9-20-8-4-7-16(20)22/h3,5-6,14H,2,4,7-12H2,1H3. The van der Waals surface area contributed by atoms with Gasteiger partial charge in [0.05, 0.1) is 18.2 Å². The second-order valence-electron chi connectivity index (χ2n) is 6.33. The van der Waals surface area contributed by atoms with E-state index >= 15 is 0 Å². The molecule has 1 aromatic rings. The number of amides is 1. The van der Waals surface area contributed by atoms with E-state index in [0.29, 0.717) is 44.8 Å². The molecule has 0 saturated carbocycles. The summed E-state index contributed by atoms with van der Waals surface area (Å²) < 4.78 is 19.5. The number of hydrogen-bond donors (Lipinski definition) is 0. The summed E-state index contributed by atoms with van der Waals surface area (Å²) in [5, 5.41) is 0. The number of nitrogens with zero attached hydrogens (tertiary/aromatic N) is 2.